The van der Waals surface area contributed by atoms with Crippen LogP contribution >= 0.6 is 11.3 Å². The maximum absolute atomic E-state index is 12.6. The molecule has 12 heteroatoms. The zero-order valence-electron chi connectivity index (χ0n) is 15.7. The number of nitrogens with zero attached hydrogens (tertiary/aromatic N) is 4. The van der Waals surface area contributed by atoms with Crippen molar-refractivity contribution >= 4 is 33.7 Å². The molecule has 1 amide bonds. The first-order chi connectivity index (χ1) is 13.5. The normalized spacial score (nSPS) is 19.1. The molecule has 0 spiro atoms. The number of amides is 1. The van der Waals surface area contributed by atoms with Crippen molar-refractivity contribution in [3.63, 3.8) is 0 Å². The number of nitrogen functional groups attached to an aromatic ring is 1. The van der Waals surface area contributed by atoms with Gasteiger partial charge in [-0.3, -0.25) is 14.3 Å². The summed E-state index contributed by atoms with van der Waals surface area (Å²) in [4.78, 5) is 33.8. The van der Waals surface area contributed by atoms with Crippen LogP contribution in [-0.2, 0) is 9.47 Å². The smallest absolute Gasteiger partial charge is 0.412 e. The molecule has 3 heterocycles. The van der Waals surface area contributed by atoms with Gasteiger partial charge in [0.05, 0.1) is 19.3 Å². The van der Waals surface area contributed by atoms with Gasteiger partial charge in [-0.1, -0.05) is 11.3 Å². The molecule has 154 valence electrons. The molecule has 1 saturated heterocycles. The number of ether oxygens (including phenoxy) is 3. The van der Waals surface area contributed by atoms with E-state index < -0.39 is 12.3 Å². The van der Waals surface area contributed by atoms with Gasteiger partial charge in [0.25, 0.3) is 0 Å². The highest BCUT2D eigenvalue weighted by Gasteiger charge is 2.30. The van der Waals surface area contributed by atoms with Crippen LogP contribution in [0.1, 0.15) is 32.9 Å². The van der Waals surface area contributed by atoms with Crippen molar-refractivity contribution in [2.45, 2.75) is 39.0 Å². The Bertz CT molecular complexity index is 900. The van der Waals surface area contributed by atoms with E-state index in [9.17, 15) is 14.7 Å². The molecular formula is C16H23N5O6S. The Morgan fingerprint density at radius 2 is 2.21 bits per heavy atom. The summed E-state index contributed by atoms with van der Waals surface area (Å²) in [5, 5.41) is 9.26. The summed E-state index contributed by atoms with van der Waals surface area (Å²) >= 11 is 0.912. The van der Waals surface area contributed by atoms with Gasteiger partial charge in [0.15, 0.2) is 12.4 Å². The number of fused-ring (bicyclic) bond motifs is 1. The number of aliphatic hydroxyl groups excluding tert-OH is 1. The standard InChI is InChI=1S/C16H23N5O6S/c1-3-20(15(23)25-4-2)8-26-13-11-12(18-14(17)19-13)21(16(24)28-11)10-6-5-9(7-22)27-10/h9-10,22H,3-8H2,1-2H3,(H2,17,18,19)/t9-,10+/m0/s1. The summed E-state index contributed by atoms with van der Waals surface area (Å²) < 4.78 is 18.2. The van der Waals surface area contributed by atoms with Gasteiger partial charge in [-0.2, -0.15) is 9.97 Å². The predicted octanol–water partition coefficient (Wildman–Crippen LogP) is 0.920. The second kappa shape index (κ2) is 8.71. The number of nitrogens with two attached hydrogens (primary N) is 1. The average molecular weight is 413 g/mol. The second-order valence-electron chi connectivity index (χ2n) is 6.08. The van der Waals surface area contributed by atoms with E-state index in [1.165, 1.54) is 9.47 Å². The van der Waals surface area contributed by atoms with Gasteiger partial charge < -0.3 is 25.1 Å². The van der Waals surface area contributed by atoms with Gasteiger partial charge in [0.1, 0.15) is 10.9 Å². The molecule has 11 nitrogen and oxygen atoms in total. The number of rotatable bonds is 7. The molecule has 0 aliphatic carbocycles. The van der Waals surface area contributed by atoms with Crippen LogP contribution in [0.4, 0.5) is 10.7 Å². The topological polar surface area (TPSA) is 142 Å². The molecule has 0 saturated carbocycles. The molecule has 1 aliphatic heterocycles. The quantitative estimate of drug-likeness (QED) is 0.633. The molecule has 0 aromatic carbocycles. The summed E-state index contributed by atoms with van der Waals surface area (Å²) in [6.07, 6.45) is -0.149. The van der Waals surface area contributed by atoms with Gasteiger partial charge in [-0.15, -0.1) is 0 Å². The Balaban J connectivity index is 1.89. The van der Waals surface area contributed by atoms with E-state index in [0.717, 1.165) is 11.3 Å². The fraction of sp³-hybridized carbons (Fsp3) is 0.625. The van der Waals surface area contributed by atoms with Crippen molar-refractivity contribution in [2.24, 2.45) is 0 Å². The number of carbonyl (C=O) groups excluding carboxylic acids is 1. The number of aromatic nitrogens is 3. The van der Waals surface area contributed by atoms with Crippen molar-refractivity contribution in [1.29, 1.82) is 0 Å². The lowest BCUT2D eigenvalue weighted by Crippen LogP contribution is -2.35. The van der Waals surface area contributed by atoms with Gasteiger partial charge >= 0.3 is 11.0 Å². The highest BCUT2D eigenvalue weighted by molar-refractivity contribution is 7.16. The molecule has 28 heavy (non-hydrogen) atoms. The monoisotopic (exact) mass is 413 g/mol. The van der Waals surface area contributed by atoms with Crippen LogP contribution in [0, 0.1) is 0 Å². The maximum atomic E-state index is 12.6. The minimum Gasteiger partial charge on any atom is -0.455 e. The third-order valence-corrected chi connectivity index (χ3v) is 5.22. The van der Waals surface area contributed by atoms with E-state index in [0.29, 0.717) is 29.7 Å². The summed E-state index contributed by atoms with van der Waals surface area (Å²) in [5.41, 5.74) is 6.11. The minimum absolute atomic E-state index is 0.0649. The van der Waals surface area contributed by atoms with E-state index >= 15 is 0 Å². The minimum atomic E-state index is -0.535. The third-order valence-electron chi connectivity index (χ3n) is 4.29. The van der Waals surface area contributed by atoms with E-state index in [-0.39, 0.29) is 42.7 Å². The van der Waals surface area contributed by atoms with Crippen LogP contribution in [0.5, 0.6) is 5.88 Å². The zero-order valence-corrected chi connectivity index (χ0v) is 16.5. The maximum Gasteiger partial charge on any atom is 0.412 e. The van der Waals surface area contributed by atoms with E-state index in [4.69, 9.17) is 19.9 Å². The lowest BCUT2D eigenvalue weighted by molar-refractivity contribution is -0.0214. The van der Waals surface area contributed by atoms with Gasteiger partial charge in [-0.25, -0.2) is 4.79 Å². The van der Waals surface area contributed by atoms with Crippen LogP contribution in [0.25, 0.3) is 10.3 Å². The first-order valence-corrected chi connectivity index (χ1v) is 9.79. The molecular weight excluding hydrogens is 390 g/mol. The second-order valence-corrected chi connectivity index (χ2v) is 7.04. The lowest BCUT2D eigenvalue weighted by Gasteiger charge is -2.20. The van der Waals surface area contributed by atoms with Crippen molar-refractivity contribution in [1.82, 2.24) is 19.4 Å². The fourth-order valence-electron chi connectivity index (χ4n) is 2.90. The molecule has 3 rings (SSSR count). The summed E-state index contributed by atoms with van der Waals surface area (Å²) in [6.45, 7) is 3.90. The Hall–Kier alpha value is -2.44. The largest absolute Gasteiger partial charge is 0.455 e. The summed E-state index contributed by atoms with van der Waals surface area (Å²) in [6, 6.07) is 0. The van der Waals surface area contributed by atoms with Gasteiger partial charge in [-0.05, 0) is 26.7 Å². The lowest BCUT2D eigenvalue weighted by atomic mass is 10.2. The molecule has 2 aromatic heterocycles. The van der Waals surface area contributed by atoms with Crippen molar-refractivity contribution in [3.05, 3.63) is 9.67 Å². The Kier molecular flexibility index (Phi) is 6.31. The molecule has 0 radical (unpaired) electrons. The first kappa shape index (κ1) is 20.3. The first-order valence-electron chi connectivity index (χ1n) is 8.97. The van der Waals surface area contributed by atoms with Gasteiger partial charge in [0, 0.05) is 6.54 Å². The van der Waals surface area contributed by atoms with Crippen LogP contribution in [0.3, 0.4) is 0 Å². The van der Waals surface area contributed by atoms with Crippen molar-refractivity contribution in [3.8, 4) is 5.88 Å². The summed E-state index contributed by atoms with van der Waals surface area (Å²) in [7, 11) is 0. The van der Waals surface area contributed by atoms with Crippen LogP contribution in [0.2, 0.25) is 0 Å². The summed E-state index contributed by atoms with van der Waals surface area (Å²) in [5.74, 6) is 0.0488. The average Bonchev–Trinajstić information content (AvgIpc) is 3.25. The van der Waals surface area contributed by atoms with E-state index in [2.05, 4.69) is 9.97 Å². The van der Waals surface area contributed by atoms with Crippen LogP contribution < -0.4 is 15.3 Å². The highest BCUT2D eigenvalue weighted by Crippen LogP contribution is 2.33. The van der Waals surface area contributed by atoms with Gasteiger partial charge in [0.2, 0.25) is 11.8 Å². The number of carbonyl (C=O) groups is 1. The molecule has 2 atom stereocenters. The van der Waals surface area contributed by atoms with Crippen LogP contribution in [-0.4, -0.2) is 63.2 Å². The number of thiazole rings is 1. The molecule has 2 aromatic rings. The van der Waals surface area contributed by atoms with Crippen molar-refractivity contribution in [2.75, 3.05) is 32.2 Å². The number of aliphatic hydroxyl groups is 1. The Morgan fingerprint density at radius 1 is 1.43 bits per heavy atom. The highest BCUT2D eigenvalue weighted by atomic mass is 32.1. The van der Waals surface area contributed by atoms with Crippen LogP contribution in [0.15, 0.2) is 4.79 Å². The van der Waals surface area contributed by atoms with E-state index in [1.54, 1.807) is 13.8 Å². The molecule has 0 unspecified atom stereocenters. The fourth-order valence-corrected chi connectivity index (χ4v) is 3.80. The van der Waals surface area contributed by atoms with Crippen molar-refractivity contribution < 1.29 is 24.1 Å². The molecule has 1 fully saturated rings. The van der Waals surface area contributed by atoms with E-state index in [1.807, 2.05) is 0 Å². The third kappa shape index (κ3) is 4.03. The Labute approximate surface area is 164 Å². The number of anilines is 1. The molecule has 3 N–H and O–H groups in total. The molecule has 0 bridgehead atoms. The molecule has 1 aliphatic rings. The Morgan fingerprint density at radius 3 is 2.86 bits per heavy atom. The zero-order chi connectivity index (χ0) is 20.3. The SMILES string of the molecule is CCOC(=O)N(CC)COc1nc(N)nc2c1sc(=O)n2[C@H]1CC[C@@H](CO)O1. The number of hydrogen-bond acceptors (Lipinski definition) is 10. The number of hydrogen-bond donors (Lipinski definition) is 2. The predicted molar refractivity (Wildman–Crippen MR) is 101 cm³/mol.